The minimum atomic E-state index is -0.149. The summed E-state index contributed by atoms with van der Waals surface area (Å²) in [6, 6.07) is 7.88. The maximum Gasteiger partial charge on any atom is 0.154 e. The van der Waals surface area contributed by atoms with Crippen LogP contribution in [0.5, 0.6) is 0 Å². The van der Waals surface area contributed by atoms with Crippen LogP contribution in [0.25, 0.3) is 0 Å². The molecule has 1 heterocycles. The molecule has 1 aliphatic carbocycles. The van der Waals surface area contributed by atoms with Crippen molar-refractivity contribution >= 4 is 17.3 Å². The molecule has 3 rings (SSSR count). The van der Waals surface area contributed by atoms with Crippen LogP contribution in [-0.2, 0) is 16.0 Å². The van der Waals surface area contributed by atoms with Crippen molar-refractivity contribution in [2.45, 2.75) is 31.7 Å². The molecular formula is C18H24N2O2. The fourth-order valence-electron chi connectivity index (χ4n) is 3.95. The molecule has 22 heavy (non-hydrogen) atoms. The average Bonchev–Trinajstić information content (AvgIpc) is 2.93. The third-order valence-electron chi connectivity index (χ3n) is 5.06. The van der Waals surface area contributed by atoms with Gasteiger partial charge in [-0.3, -0.25) is 9.59 Å². The van der Waals surface area contributed by atoms with Crippen molar-refractivity contribution in [3.05, 3.63) is 29.8 Å². The van der Waals surface area contributed by atoms with E-state index in [1.165, 1.54) is 0 Å². The summed E-state index contributed by atoms with van der Waals surface area (Å²) in [6.07, 6.45) is 3.05. The molecule has 4 nitrogen and oxygen atoms in total. The Morgan fingerprint density at radius 3 is 2.86 bits per heavy atom. The van der Waals surface area contributed by atoms with E-state index in [4.69, 9.17) is 0 Å². The largest absolute Gasteiger partial charge is 0.377 e. The Labute approximate surface area is 131 Å². The van der Waals surface area contributed by atoms with Gasteiger partial charge in [0, 0.05) is 45.1 Å². The molecule has 1 saturated carbocycles. The molecule has 0 aromatic heterocycles. The van der Waals surface area contributed by atoms with Crippen LogP contribution in [0.4, 0.5) is 5.69 Å². The number of rotatable bonds is 4. The first-order valence-electron chi connectivity index (χ1n) is 8.12. The van der Waals surface area contributed by atoms with Gasteiger partial charge in [-0.05, 0) is 30.4 Å². The highest BCUT2D eigenvalue weighted by atomic mass is 16.1. The van der Waals surface area contributed by atoms with Crippen molar-refractivity contribution in [1.29, 1.82) is 0 Å². The van der Waals surface area contributed by atoms with Gasteiger partial charge in [0.15, 0.2) is 5.78 Å². The van der Waals surface area contributed by atoms with E-state index in [0.717, 1.165) is 24.1 Å². The summed E-state index contributed by atoms with van der Waals surface area (Å²) >= 11 is 0. The highest BCUT2D eigenvalue weighted by Gasteiger charge is 2.44. The minimum Gasteiger partial charge on any atom is -0.377 e. The fraction of sp³-hybridized carbons (Fsp3) is 0.556. The zero-order valence-electron chi connectivity index (χ0n) is 13.3. The lowest BCUT2D eigenvalue weighted by atomic mass is 9.76. The van der Waals surface area contributed by atoms with Crippen LogP contribution in [-0.4, -0.2) is 38.2 Å². The van der Waals surface area contributed by atoms with E-state index >= 15 is 0 Å². The first kappa shape index (κ1) is 15.2. The van der Waals surface area contributed by atoms with E-state index < -0.39 is 0 Å². The zero-order valence-corrected chi connectivity index (χ0v) is 13.3. The lowest BCUT2D eigenvalue weighted by molar-refractivity contribution is -0.126. The second-order valence-electron chi connectivity index (χ2n) is 6.68. The van der Waals surface area contributed by atoms with Gasteiger partial charge in [-0.1, -0.05) is 18.2 Å². The lowest BCUT2D eigenvalue weighted by Crippen LogP contribution is -2.39. The van der Waals surface area contributed by atoms with Crippen LogP contribution in [0.3, 0.4) is 0 Å². The Bertz CT molecular complexity index is 582. The molecule has 4 heteroatoms. The number of anilines is 1. The Morgan fingerprint density at radius 2 is 2.09 bits per heavy atom. The molecule has 3 atom stereocenters. The van der Waals surface area contributed by atoms with Crippen LogP contribution in [0, 0.1) is 11.8 Å². The van der Waals surface area contributed by atoms with E-state index in [9.17, 15) is 9.59 Å². The van der Waals surface area contributed by atoms with Crippen LogP contribution in [0.2, 0.25) is 0 Å². The number of nitrogens with zero attached hydrogens (tertiary/aromatic N) is 1. The van der Waals surface area contributed by atoms with Crippen molar-refractivity contribution in [2.75, 3.05) is 25.5 Å². The molecule has 0 radical (unpaired) electrons. The monoisotopic (exact) mass is 300 g/mol. The molecule has 3 unspecified atom stereocenters. The molecule has 1 aliphatic heterocycles. The SMILES string of the molecule is CN(C)c1ccccc1CC(=O)C1NCC2C(=O)CCCC21. The predicted molar refractivity (Wildman–Crippen MR) is 87.1 cm³/mol. The van der Waals surface area contributed by atoms with Gasteiger partial charge in [0.05, 0.1) is 6.04 Å². The smallest absolute Gasteiger partial charge is 0.154 e. The molecule has 0 bridgehead atoms. The third kappa shape index (κ3) is 2.80. The van der Waals surface area contributed by atoms with Gasteiger partial charge in [0.25, 0.3) is 0 Å². The number of Topliss-reactive ketones (excluding diaryl/α,β-unsaturated/α-hetero) is 2. The predicted octanol–water partition coefficient (Wildman–Crippen LogP) is 1.82. The van der Waals surface area contributed by atoms with E-state index in [1.807, 2.05) is 43.3 Å². The highest BCUT2D eigenvalue weighted by Crippen LogP contribution is 2.35. The lowest BCUT2D eigenvalue weighted by Gasteiger charge is -2.27. The van der Waals surface area contributed by atoms with Crippen molar-refractivity contribution < 1.29 is 9.59 Å². The third-order valence-corrected chi connectivity index (χ3v) is 5.06. The van der Waals surface area contributed by atoms with E-state index in [-0.39, 0.29) is 23.7 Å². The standard InChI is InChI=1S/C18H24N2O2/c1-20(2)15-8-4-3-6-12(15)10-17(22)18-13-7-5-9-16(21)14(13)11-19-18/h3-4,6,8,13-14,18-19H,5,7,9-11H2,1-2H3. The fourth-order valence-corrected chi connectivity index (χ4v) is 3.95. The summed E-state index contributed by atoms with van der Waals surface area (Å²) < 4.78 is 0. The van der Waals surface area contributed by atoms with E-state index in [2.05, 4.69) is 5.32 Å². The van der Waals surface area contributed by atoms with Crippen LogP contribution < -0.4 is 10.2 Å². The zero-order chi connectivity index (χ0) is 15.7. The summed E-state index contributed by atoms with van der Waals surface area (Å²) in [4.78, 5) is 26.8. The number of fused-ring (bicyclic) bond motifs is 1. The summed E-state index contributed by atoms with van der Waals surface area (Å²) in [7, 11) is 3.99. The van der Waals surface area contributed by atoms with Crippen LogP contribution >= 0.6 is 0 Å². The molecule has 0 amide bonds. The maximum absolute atomic E-state index is 12.8. The molecule has 2 aliphatic rings. The number of nitrogens with one attached hydrogen (secondary N) is 1. The molecule has 1 N–H and O–H groups in total. The topological polar surface area (TPSA) is 49.4 Å². The quantitative estimate of drug-likeness (QED) is 0.921. The second-order valence-corrected chi connectivity index (χ2v) is 6.68. The highest BCUT2D eigenvalue weighted by molar-refractivity contribution is 5.90. The summed E-state index contributed by atoms with van der Waals surface area (Å²) in [6.45, 7) is 0.676. The van der Waals surface area contributed by atoms with Crippen molar-refractivity contribution in [2.24, 2.45) is 11.8 Å². The number of ketones is 2. The molecule has 2 fully saturated rings. The van der Waals surface area contributed by atoms with Gasteiger partial charge in [-0.25, -0.2) is 0 Å². The van der Waals surface area contributed by atoms with Gasteiger partial charge in [-0.15, -0.1) is 0 Å². The number of carbonyl (C=O) groups is 2. The molecule has 1 aromatic rings. The summed E-state index contributed by atoms with van der Waals surface area (Å²) in [5, 5.41) is 3.31. The number of carbonyl (C=O) groups excluding carboxylic acids is 2. The van der Waals surface area contributed by atoms with Gasteiger partial charge in [0.2, 0.25) is 0 Å². The Morgan fingerprint density at radius 1 is 1.32 bits per heavy atom. The Kier molecular flexibility index (Phi) is 4.30. The minimum absolute atomic E-state index is 0.0618. The first-order chi connectivity index (χ1) is 10.6. The number of hydrogen-bond acceptors (Lipinski definition) is 4. The van der Waals surface area contributed by atoms with E-state index in [0.29, 0.717) is 25.2 Å². The van der Waals surface area contributed by atoms with Crippen molar-refractivity contribution in [3.63, 3.8) is 0 Å². The number of para-hydroxylation sites is 1. The molecular weight excluding hydrogens is 276 g/mol. The first-order valence-corrected chi connectivity index (χ1v) is 8.12. The van der Waals surface area contributed by atoms with Gasteiger partial charge < -0.3 is 10.2 Å². The average molecular weight is 300 g/mol. The van der Waals surface area contributed by atoms with E-state index in [1.54, 1.807) is 0 Å². The summed E-state index contributed by atoms with van der Waals surface area (Å²) in [5.74, 6) is 0.830. The van der Waals surface area contributed by atoms with Crippen LogP contribution in [0.15, 0.2) is 24.3 Å². The van der Waals surface area contributed by atoms with Crippen molar-refractivity contribution in [1.82, 2.24) is 5.32 Å². The van der Waals surface area contributed by atoms with Crippen LogP contribution in [0.1, 0.15) is 24.8 Å². The molecule has 1 saturated heterocycles. The molecule has 1 aromatic carbocycles. The van der Waals surface area contributed by atoms with Crippen molar-refractivity contribution in [3.8, 4) is 0 Å². The number of benzene rings is 1. The molecule has 118 valence electrons. The van der Waals surface area contributed by atoms with Gasteiger partial charge in [-0.2, -0.15) is 0 Å². The normalized spacial score (nSPS) is 27.5. The number of hydrogen-bond donors (Lipinski definition) is 1. The molecule has 0 spiro atoms. The Balaban J connectivity index is 1.74. The second kappa shape index (κ2) is 6.21. The Hall–Kier alpha value is -1.68. The maximum atomic E-state index is 12.8. The van der Waals surface area contributed by atoms with Gasteiger partial charge in [0.1, 0.15) is 5.78 Å². The summed E-state index contributed by atoms with van der Waals surface area (Å²) in [5.41, 5.74) is 2.15. The van der Waals surface area contributed by atoms with Gasteiger partial charge >= 0.3 is 0 Å².